The van der Waals surface area contributed by atoms with Crippen molar-refractivity contribution in [3.8, 4) is 0 Å². The van der Waals surface area contributed by atoms with E-state index >= 15 is 0 Å². The fourth-order valence-corrected chi connectivity index (χ4v) is 2.02. The van der Waals surface area contributed by atoms with E-state index < -0.39 is 11.7 Å². The molecule has 0 bridgehead atoms. The molecule has 0 aromatic heterocycles. The molecule has 1 aliphatic heterocycles. The zero-order valence-corrected chi connectivity index (χ0v) is 10.4. The van der Waals surface area contributed by atoms with Crippen LogP contribution >= 0.6 is 15.9 Å². The third-order valence-corrected chi connectivity index (χ3v) is 3.12. The molecule has 0 saturated carbocycles. The van der Waals surface area contributed by atoms with Gasteiger partial charge in [0, 0.05) is 13.0 Å². The number of nitrogens with one attached hydrogen (secondary N) is 2. The van der Waals surface area contributed by atoms with E-state index in [0.29, 0.717) is 6.54 Å². The van der Waals surface area contributed by atoms with Crippen LogP contribution in [0.3, 0.4) is 0 Å². The Kier molecular flexibility index (Phi) is 3.42. The fourth-order valence-electron chi connectivity index (χ4n) is 1.65. The highest BCUT2D eigenvalue weighted by molar-refractivity contribution is 9.10. The molecule has 17 heavy (non-hydrogen) atoms. The molecule has 0 aliphatic carbocycles. The molecule has 1 heterocycles. The first kappa shape index (κ1) is 12.0. The fraction of sp³-hybridized carbons (Fsp3) is 0.273. The van der Waals surface area contributed by atoms with Crippen molar-refractivity contribution in [1.82, 2.24) is 10.6 Å². The van der Waals surface area contributed by atoms with Crippen LogP contribution in [-0.2, 0) is 4.79 Å². The Morgan fingerprint density at radius 2 is 2.29 bits per heavy atom. The van der Waals surface area contributed by atoms with Gasteiger partial charge in [-0.05, 0) is 28.1 Å². The predicted molar refractivity (Wildman–Crippen MR) is 63.0 cm³/mol. The van der Waals surface area contributed by atoms with E-state index in [9.17, 15) is 14.0 Å². The van der Waals surface area contributed by atoms with Gasteiger partial charge in [0.25, 0.3) is 5.91 Å². The summed E-state index contributed by atoms with van der Waals surface area (Å²) in [4.78, 5) is 22.7. The molecule has 1 unspecified atom stereocenters. The molecule has 1 aromatic carbocycles. The molecule has 1 fully saturated rings. The van der Waals surface area contributed by atoms with Gasteiger partial charge in [-0.2, -0.15) is 0 Å². The van der Waals surface area contributed by atoms with Gasteiger partial charge in [0.05, 0.1) is 16.1 Å². The summed E-state index contributed by atoms with van der Waals surface area (Å²) in [6.07, 6.45) is 0.237. The average molecular weight is 301 g/mol. The number of hydrogen-bond donors (Lipinski definition) is 2. The Hall–Kier alpha value is -1.43. The van der Waals surface area contributed by atoms with Gasteiger partial charge in [0.2, 0.25) is 5.91 Å². The third kappa shape index (κ3) is 2.63. The van der Waals surface area contributed by atoms with Gasteiger partial charge >= 0.3 is 0 Å². The molecule has 1 aliphatic rings. The molecule has 2 amide bonds. The maximum absolute atomic E-state index is 13.6. The summed E-state index contributed by atoms with van der Waals surface area (Å²) < 4.78 is 13.9. The lowest BCUT2D eigenvalue weighted by Gasteiger charge is -2.11. The van der Waals surface area contributed by atoms with Crippen LogP contribution in [0.5, 0.6) is 0 Å². The van der Waals surface area contributed by atoms with E-state index in [4.69, 9.17) is 0 Å². The minimum atomic E-state index is -0.595. The topological polar surface area (TPSA) is 58.2 Å². The van der Waals surface area contributed by atoms with Crippen LogP contribution in [0.4, 0.5) is 4.39 Å². The normalized spacial score (nSPS) is 18.9. The monoisotopic (exact) mass is 300 g/mol. The second-order valence-electron chi connectivity index (χ2n) is 3.78. The summed E-state index contributed by atoms with van der Waals surface area (Å²) in [5, 5.41) is 5.21. The molecular formula is C11H10BrFN2O2. The van der Waals surface area contributed by atoms with Crippen LogP contribution in [0.1, 0.15) is 16.8 Å². The minimum Gasteiger partial charge on any atom is -0.354 e. The number of carbonyl (C=O) groups is 2. The summed E-state index contributed by atoms with van der Waals surface area (Å²) in [5.74, 6) is -1.21. The minimum absolute atomic E-state index is 0.0290. The molecule has 1 atom stereocenters. The Balaban J connectivity index is 2.09. The van der Waals surface area contributed by atoms with Gasteiger partial charge in [-0.25, -0.2) is 4.39 Å². The van der Waals surface area contributed by atoms with Crippen molar-refractivity contribution in [2.24, 2.45) is 0 Å². The summed E-state index contributed by atoms with van der Waals surface area (Å²) in [6.45, 7) is 0.389. The lowest BCUT2D eigenvalue weighted by atomic mass is 10.1. The predicted octanol–water partition coefficient (Wildman–Crippen LogP) is 1.21. The molecule has 0 spiro atoms. The van der Waals surface area contributed by atoms with Crippen molar-refractivity contribution in [3.63, 3.8) is 0 Å². The first-order chi connectivity index (χ1) is 8.08. The highest BCUT2D eigenvalue weighted by Crippen LogP contribution is 2.18. The van der Waals surface area contributed by atoms with Gasteiger partial charge < -0.3 is 10.6 Å². The Bertz CT molecular complexity index is 479. The van der Waals surface area contributed by atoms with Crippen LogP contribution in [0.2, 0.25) is 0 Å². The summed E-state index contributed by atoms with van der Waals surface area (Å²) >= 11 is 3.02. The van der Waals surface area contributed by atoms with Crippen molar-refractivity contribution in [3.05, 3.63) is 34.1 Å². The van der Waals surface area contributed by atoms with E-state index in [1.807, 2.05) is 0 Å². The summed E-state index contributed by atoms with van der Waals surface area (Å²) in [5.41, 5.74) is -0.0290. The lowest BCUT2D eigenvalue weighted by Crippen LogP contribution is -2.36. The number of carbonyl (C=O) groups excluding carboxylic acids is 2. The number of amides is 2. The van der Waals surface area contributed by atoms with Crippen molar-refractivity contribution in [2.75, 3.05) is 6.54 Å². The second kappa shape index (κ2) is 4.83. The smallest absolute Gasteiger partial charge is 0.254 e. The Labute approximate surface area is 106 Å². The number of rotatable bonds is 2. The van der Waals surface area contributed by atoms with Gasteiger partial charge in [-0.1, -0.05) is 6.07 Å². The van der Waals surface area contributed by atoms with Crippen LogP contribution in [-0.4, -0.2) is 24.4 Å². The Morgan fingerprint density at radius 3 is 2.94 bits per heavy atom. The molecule has 6 heteroatoms. The van der Waals surface area contributed by atoms with E-state index in [2.05, 4.69) is 26.6 Å². The highest BCUT2D eigenvalue weighted by Gasteiger charge is 2.24. The number of benzene rings is 1. The summed E-state index contributed by atoms with van der Waals surface area (Å²) in [6, 6.07) is 4.24. The van der Waals surface area contributed by atoms with Crippen LogP contribution in [0.15, 0.2) is 22.7 Å². The molecule has 90 valence electrons. The third-order valence-electron chi connectivity index (χ3n) is 2.51. The molecule has 1 aromatic rings. The highest BCUT2D eigenvalue weighted by atomic mass is 79.9. The van der Waals surface area contributed by atoms with E-state index in [0.717, 1.165) is 0 Å². The molecule has 1 saturated heterocycles. The largest absolute Gasteiger partial charge is 0.354 e. The summed E-state index contributed by atoms with van der Waals surface area (Å²) in [7, 11) is 0. The van der Waals surface area contributed by atoms with Crippen LogP contribution in [0.25, 0.3) is 0 Å². The molecule has 2 rings (SSSR count). The van der Waals surface area contributed by atoms with E-state index in [1.54, 1.807) is 6.07 Å². The quantitative estimate of drug-likeness (QED) is 0.862. The van der Waals surface area contributed by atoms with Gasteiger partial charge in [-0.15, -0.1) is 0 Å². The molecule has 2 N–H and O–H groups in total. The van der Waals surface area contributed by atoms with E-state index in [-0.39, 0.29) is 28.4 Å². The number of halogens is 2. The molecule has 4 nitrogen and oxygen atoms in total. The average Bonchev–Trinajstić information content (AvgIpc) is 2.68. The van der Waals surface area contributed by atoms with Crippen LogP contribution < -0.4 is 10.6 Å². The number of hydrogen-bond acceptors (Lipinski definition) is 2. The zero-order valence-electron chi connectivity index (χ0n) is 8.80. The standard InChI is InChI=1S/C11H10BrFN2O2/c12-8-3-1-2-7(10(8)13)11(17)15-6-4-9(16)14-5-6/h1-3,6H,4-5H2,(H,14,16)(H,15,17). The second-order valence-corrected chi connectivity index (χ2v) is 4.63. The zero-order chi connectivity index (χ0) is 12.4. The first-order valence-electron chi connectivity index (χ1n) is 5.09. The van der Waals surface area contributed by atoms with Gasteiger partial charge in [-0.3, -0.25) is 9.59 Å². The van der Waals surface area contributed by atoms with Crippen molar-refractivity contribution in [1.29, 1.82) is 0 Å². The first-order valence-corrected chi connectivity index (χ1v) is 5.89. The molecular weight excluding hydrogens is 291 g/mol. The SMILES string of the molecule is O=C1CC(NC(=O)c2cccc(Br)c2F)CN1. The van der Waals surface area contributed by atoms with Gasteiger partial charge in [0.15, 0.2) is 0 Å². The van der Waals surface area contributed by atoms with Crippen molar-refractivity contribution < 1.29 is 14.0 Å². The van der Waals surface area contributed by atoms with Gasteiger partial charge in [0.1, 0.15) is 5.82 Å². The maximum atomic E-state index is 13.6. The van der Waals surface area contributed by atoms with Crippen LogP contribution in [0, 0.1) is 5.82 Å². The lowest BCUT2D eigenvalue weighted by molar-refractivity contribution is -0.119. The molecule has 0 radical (unpaired) electrons. The van der Waals surface area contributed by atoms with Crippen molar-refractivity contribution in [2.45, 2.75) is 12.5 Å². The maximum Gasteiger partial charge on any atom is 0.254 e. The Morgan fingerprint density at radius 1 is 1.53 bits per heavy atom. The van der Waals surface area contributed by atoms with E-state index in [1.165, 1.54) is 12.1 Å². The van der Waals surface area contributed by atoms with Crippen molar-refractivity contribution >= 4 is 27.7 Å².